The average Bonchev–Trinajstić information content (AvgIpc) is 3.58. The van der Waals surface area contributed by atoms with Gasteiger partial charge in [0.2, 0.25) is 5.95 Å². The molecule has 1 atom stereocenters. The second-order valence-electron chi connectivity index (χ2n) is 8.11. The van der Waals surface area contributed by atoms with Crippen molar-refractivity contribution in [3.05, 3.63) is 72.7 Å². The van der Waals surface area contributed by atoms with Crippen LogP contribution in [0.5, 0.6) is 0 Å². The summed E-state index contributed by atoms with van der Waals surface area (Å²) in [4.78, 5) is 16.2. The molecule has 6 rings (SSSR count). The van der Waals surface area contributed by atoms with Gasteiger partial charge >= 0.3 is 0 Å². The zero-order chi connectivity index (χ0) is 23.4. The van der Waals surface area contributed by atoms with E-state index in [4.69, 9.17) is 4.98 Å². The van der Waals surface area contributed by atoms with Gasteiger partial charge in [-0.1, -0.05) is 6.92 Å². The molecule has 11 heteroatoms. The van der Waals surface area contributed by atoms with E-state index in [2.05, 4.69) is 37.1 Å². The summed E-state index contributed by atoms with van der Waals surface area (Å²) in [5, 5.41) is 13.2. The summed E-state index contributed by atoms with van der Waals surface area (Å²) in [5.41, 5.74) is 2.45. The largest absolute Gasteiger partial charge is 0.311 e. The number of anilines is 2. The van der Waals surface area contributed by atoms with Crippen LogP contribution in [0.4, 0.5) is 15.9 Å². The first kappa shape index (κ1) is 20.2. The molecule has 34 heavy (non-hydrogen) atoms. The van der Waals surface area contributed by atoms with Gasteiger partial charge in [0.25, 0.3) is 0 Å². The monoisotopic (exact) mass is 456 g/mol. The van der Waals surface area contributed by atoms with Crippen molar-refractivity contribution in [1.29, 1.82) is 0 Å². The van der Waals surface area contributed by atoms with Gasteiger partial charge < -0.3 is 4.90 Å². The molecule has 1 aromatic carbocycles. The van der Waals surface area contributed by atoms with Crippen molar-refractivity contribution in [2.45, 2.75) is 26.3 Å². The maximum atomic E-state index is 13.5. The Morgan fingerprint density at radius 3 is 2.62 bits per heavy atom. The number of hydrogen-bond acceptors (Lipinski definition) is 7. The molecule has 0 N–H and O–H groups in total. The molecule has 170 valence electrons. The Kier molecular flexibility index (Phi) is 4.51. The Morgan fingerprint density at radius 2 is 1.88 bits per heavy atom. The molecular weight excluding hydrogens is 435 g/mol. The van der Waals surface area contributed by atoms with Crippen LogP contribution >= 0.6 is 0 Å². The number of rotatable bonds is 4. The molecule has 10 nitrogen and oxygen atoms in total. The molecule has 5 aromatic rings. The lowest BCUT2D eigenvalue weighted by molar-refractivity contribution is 0.586. The Morgan fingerprint density at radius 1 is 1.06 bits per heavy atom. The van der Waals surface area contributed by atoms with E-state index in [-0.39, 0.29) is 11.9 Å². The third kappa shape index (κ3) is 3.00. The summed E-state index contributed by atoms with van der Waals surface area (Å²) in [6.45, 7) is 4.03. The van der Waals surface area contributed by atoms with Crippen LogP contribution in [0.2, 0.25) is 0 Å². The second kappa shape index (κ2) is 7.58. The maximum absolute atomic E-state index is 13.5. The summed E-state index contributed by atoms with van der Waals surface area (Å²) >= 11 is 0. The molecular formula is C23H21FN10. The SMILES string of the molecule is CC[C@@H]1c2nnc(C)n2-c2cnc(-n3ccnc3-c3ccc(F)cc3)nc2N1c1cnn(C)c1. The third-order valence-corrected chi connectivity index (χ3v) is 5.98. The van der Waals surface area contributed by atoms with Gasteiger partial charge in [0, 0.05) is 31.2 Å². The minimum absolute atomic E-state index is 0.0833. The van der Waals surface area contributed by atoms with Gasteiger partial charge in [-0.05, 0) is 37.6 Å². The number of aromatic nitrogens is 9. The minimum atomic E-state index is -0.301. The highest BCUT2D eigenvalue weighted by Gasteiger charge is 2.36. The normalized spacial score (nSPS) is 14.8. The highest BCUT2D eigenvalue weighted by atomic mass is 19.1. The number of fused-ring (bicyclic) bond motifs is 3. The third-order valence-electron chi connectivity index (χ3n) is 5.98. The molecule has 5 heterocycles. The minimum Gasteiger partial charge on any atom is -0.311 e. The van der Waals surface area contributed by atoms with Gasteiger partial charge in [-0.15, -0.1) is 10.2 Å². The lowest BCUT2D eigenvalue weighted by Gasteiger charge is -2.36. The maximum Gasteiger partial charge on any atom is 0.237 e. The van der Waals surface area contributed by atoms with Crippen molar-refractivity contribution in [2.24, 2.45) is 7.05 Å². The zero-order valence-electron chi connectivity index (χ0n) is 18.8. The van der Waals surface area contributed by atoms with Crippen LogP contribution in [0, 0.1) is 12.7 Å². The van der Waals surface area contributed by atoms with E-state index >= 15 is 0 Å². The van der Waals surface area contributed by atoms with Crippen LogP contribution in [-0.2, 0) is 7.05 Å². The van der Waals surface area contributed by atoms with Gasteiger partial charge in [0.05, 0.1) is 24.1 Å². The van der Waals surface area contributed by atoms with E-state index in [1.54, 1.807) is 40.0 Å². The Bertz CT molecular complexity index is 1500. The van der Waals surface area contributed by atoms with E-state index in [9.17, 15) is 4.39 Å². The number of halogens is 1. The van der Waals surface area contributed by atoms with Crippen LogP contribution in [0.15, 0.2) is 55.2 Å². The number of imidazole rings is 1. The van der Waals surface area contributed by atoms with Crippen molar-refractivity contribution < 1.29 is 4.39 Å². The van der Waals surface area contributed by atoms with Crippen molar-refractivity contribution in [1.82, 2.24) is 44.1 Å². The van der Waals surface area contributed by atoms with Crippen molar-refractivity contribution in [3.8, 4) is 23.0 Å². The van der Waals surface area contributed by atoms with E-state index in [0.29, 0.717) is 11.8 Å². The smallest absolute Gasteiger partial charge is 0.237 e. The van der Waals surface area contributed by atoms with Crippen molar-refractivity contribution in [2.75, 3.05) is 4.90 Å². The lowest BCUT2D eigenvalue weighted by atomic mass is 10.1. The Labute approximate surface area is 194 Å². The average molecular weight is 456 g/mol. The van der Waals surface area contributed by atoms with Crippen LogP contribution in [0.1, 0.15) is 31.0 Å². The van der Waals surface area contributed by atoms with Crippen LogP contribution in [0.3, 0.4) is 0 Å². The number of nitrogens with zero attached hydrogens (tertiary/aromatic N) is 10. The fourth-order valence-corrected chi connectivity index (χ4v) is 4.44. The summed E-state index contributed by atoms with van der Waals surface area (Å²) in [6, 6.07) is 6.12. The fourth-order valence-electron chi connectivity index (χ4n) is 4.44. The van der Waals surface area contributed by atoms with Gasteiger partial charge in [0.1, 0.15) is 23.2 Å². The molecule has 0 bridgehead atoms. The van der Waals surface area contributed by atoms with Gasteiger partial charge in [0.15, 0.2) is 11.6 Å². The predicted molar refractivity (Wildman–Crippen MR) is 123 cm³/mol. The molecule has 0 fully saturated rings. The molecule has 0 saturated carbocycles. The highest BCUT2D eigenvalue weighted by molar-refractivity contribution is 5.71. The first-order valence-corrected chi connectivity index (χ1v) is 10.9. The number of aryl methyl sites for hydroxylation is 2. The Balaban J connectivity index is 1.55. The molecule has 0 unspecified atom stereocenters. The molecule has 4 aromatic heterocycles. The summed E-state index contributed by atoms with van der Waals surface area (Å²) in [5.74, 6) is 3.10. The number of benzene rings is 1. The van der Waals surface area contributed by atoms with Crippen molar-refractivity contribution >= 4 is 11.5 Å². The summed E-state index contributed by atoms with van der Waals surface area (Å²) < 4.78 is 19.0. The first-order valence-electron chi connectivity index (χ1n) is 10.9. The van der Waals surface area contributed by atoms with Gasteiger partial charge in [-0.3, -0.25) is 13.8 Å². The molecule has 0 spiro atoms. The summed E-state index contributed by atoms with van der Waals surface area (Å²) in [7, 11) is 1.88. The van der Waals surface area contributed by atoms with Crippen LogP contribution < -0.4 is 4.90 Å². The lowest BCUT2D eigenvalue weighted by Crippen LogP contribution is -2.32. The highest BCUT2D eigenvalue weighted by Crippen LogP contribution is 2.43. The predicted octanol–water partition coefficient (Wildman–Crippen LogP) is 3.69. The zero-order valence-corrected chi connectivity index (χ0v) is 18.8. The fraction of sp³-hybridized carbons (Fsp3) is 0.217. The molecule has 0 radical (unpaired) electrons. The van der Waals surface area contributed by atoms with Crippen LogP contribution in [0.25, 0.3) is 23.0 Å². The topological polar surface area (TPSA) is 95.4 Å². The van der Waals surface area contributed by atoms with Crippen LogP contribution in [-0.4, -0.2) is 44.1 Å². The van der Waals surface area contributed by atoms with E-state index in [1.165, 1.54) is 12.1 Å². The molecule has 0 saturated heterocycles. The van der Waals surface area contributed by atoms with Gasteiger partial charge in [-0.25, -0.2) is 14.4 Å². The second-order valence-corrected chi connectivity index (χ2v) is 8.11. The van der Waals surface area contributed by atoms with E-state index in [1.807, 2.05) is 30.9 Å². The standard InChI is InChI=1S/C23H21FN10/c1-4-18-22-30-29-14(2)33(22)19-12-26-23(28-21(19)34(18)17-11-27-31(3)13-17)32-10-9-25-20(32)15-5-7-16(24)8-6-15/h5-13,18H,4H2,1-3H3/t18-/m1/s1. The molecule has 0 aliphatic carbocycles. The Hall–Kier alpha value is -4.41. The van der Waals surface area contributed by atoms with E-state index < -0.39 is 0 Å². The van der Waals surface area contributed by atoms with Crippen molar-refractivity contribution in [3.63, 3.8) is 0 Å². The summed E-state index contributed by atoms with van der Waals surface area (Å²) in [6.07, 6.45) is 9.81. The first-order chi connectivity index (χ1) is 16.5. The molecule has 1 aliphatic rings. The van der Waals surface area contributed by atoms with Gasteiger partial charge in [-0.2, -0.15) is 10.1 Å². The molecule has 0 amide bonds. The number of hydrogen-bond donors (Lipinski definition) is 0. The quantitative estimate of drug-likeness (QED) is 0.407. The molecule has 1 aliphatic heterocycles. The van der Waals surface area contributed by atoms with E-state index in [0.717, 1.165) is 40.8 Å².